The lowest BCUT2D eigenvalue weighted by atomic mass is 10.4. The Morgan fingerprint density at radius 1 is 0.500 bits per heavy atom. The molecule has 2 aromatic rings. The maximum absolute atomic E-state index is 2.54. The first-order valence-electron chi connectivity index (χ1n) is 7.55. The molecule has 0 nitrogen and oxygen atoms in total. The lowest BCUT2D eigenvalue weighted by Gasteiger charge is -2.34. The van der Waals surface area contributed by atoms with Crippen LogP contribution >= 0.6 is 28.5 Å². The van der Waals surface area contributed by atoms with Crippen LogP contribution in [0.5, 0.6) is 0 Å². The molecule has 0 radical (unpaired) electrons. The van der Waals surface area contributed by atoms with Crippen molar-refractivity contribution in [3.05, 3.63) is 60.7 Å². The van der Waals surface area contributed by atoms with Crippen molar-refractivity contribution in [2.24, 2.45) is 0 Å². The molecule has 2 aromatic carbocycles. The molecule has 0 fully saturated rings. The average Bonchev–Trinajstić information content (AvgIpc) is 2.44. The third-order valence-electron chi connectivity index (χ3n) is 3.29. The van der Waals surface area contributed by atoms with Gasteiger partial charge in [-0.25, -0.2) is 0 Å². The first-order chi connectivity index (χ1) is 10.2. The second-order valence-electron chi connectivity index (χ2n) is 7.13. The highest BCUT2D eigenvalue weighted by molar-refractivity contribution is 8.84. The summed E-state index contributed by atoms with van der Waals surface area (Å²) in [5, 5.41) is 3.23. The maximum atomic E-state index is 2.54. The molecule has 4 heteroatoms. The standard InChI is InChI=1S/C18H28P4/c1-21(2,3)19(17-13-9-7-10-14-17)20(22(4,5)6)18-15-11-8-12-16-18/h7-16H,1-6H3/q+2. The molecule has 0 amide bonds. The number of hydrogen-bond acceptors (Lipinski definition) is 0. The number of hydrogen-bond donors (Lipinski definition) is 0. The van der Waals surface area contributed by atoms with Gasteiger partial charge >= 0.3 is 0 Å². The second kappa shape index (κ2) is 7.37. The van der Waals surface area contributed by atoms with E-state index in [1.165, 1.54) is 0 Å². The van der Waals surface area contributed by atoms with Gasteiger partial charge in [0.25, 0.3) is 0 Å². The zero-order valence-corrected chi connectivity index (χ0v) is 18.1. The van der Waals surface area contributed by atoms with Crippen LogP contribution in [-0.4, -0.2) is 40.0 Å². The molecule has 2 unspecified atom stereocenters. The van der Waals surface area contributed by atoms with Gasteiger partial charge in [0, 0.05) is 24.5 Å². The van der Waals surface area contributed by atoms with Gasteiger partial charge in [0.2, 0.25) is 0 Å². The fourth-order valence-corrected chi connectivity index (χ4v) is 40.3. The van der Waals surface area contributed by atoms with Crippen molar-refractivity contribution >= 4 is 39.1 Å². The summed E-state index contributed by atoms with van der Waals surface area (Å²) in [6, 6.07) is 22.7. The quantitative estimate of drug-likeness (QED) is 0.555. The Kier molecular flexibility index (Phi) is 6.20. The number of rotatable bonds is 5. The van der Waals surface area contributed by atoms with Gasteiger partial charge in [0.1, 0.15) is 0 Å². The molecule has 0 bridgehead atoms. The molecule has 0 aliphatic carbocycles. The summed E-state index contributed by atoms with van der Waals surface area (Å²) in [5.74, 6) is 0. The van der Waals surface area contributed by atoms with Gasteiger partial charge in [-0.15, -0.1) is 0 Å². The van der Waals surface area contributed by atoms with Crippen LogP contribution in [0.3, 0.4) is 0 Å². The van der Waals surface area contributed by atoms with Gasteiger partial charge in [-0.3, -0.25) is 0 Å². The zero-order valence-electron chi connectivity index (χ0n) is 14.6. The van der Waals surface area contributed by atoms with E-state index in [-0.39, 0.29) is 14.6 Å². The minimum atomic E-state index is -0.944. The van der Waals surface area contributed by atoms with E-state index in [4.69, 9.17) is 0 Å². The van der Waals surface area contributed by atoms with Crippen molar-refractivity contribution in [1.82, 2.24) is 0 Å². The Balaban J connectivity index is 2.60. The van der Waals surface area contributed by atoms with Gasteiger partial charge < -0.3 is 0 Å². The fraction of sp³-hybridized carbons (Fsp3) is 0.333. The summed E-state index contributed by atoms with van der Waals surface area (Å²) in [5.41, 5.74) is 0. The molecule has 0 aromatic heterocycles. The molecule has 0 saturated carbocycles. The van der Waals surface area contributed by atoms with Gasteiger partial charge in [0.05, 0.1) is 40.0 Å². The van der Waals surface area contributed by atoms with E-state index in [1.807, 2.05) is 0 Å². The van der Waals surface area contributed by atoms with E-state index in [1.54, 1.807) is 10.6 Å². The molecule has 22 heavy (non-hydrogen) atoms. The molecule has 2 atom stereocenters. The molecule has 0 aliphatic rings. The smallest absolute Gasteiger partial charge is 0.0622 e. The second-order valence-corrected chi connectivity index (χ2v) is 31.0. The highest BCUT2D eigenvalue weighted by atomic mass is 32.7. The van der Waals surface area contributed by atoms with Gasteiger partial charge in [0.15, 0.2) is 14.6 Å². The first-order valence-corrected chi connectivity index (χ1v) is 18.6. The van der Waals surface area contributed by atoms with E-state index in [9.17, 15) is 0 Å². The van der Waals surface area contributed by atoms with Crippen LogP contribution < -0.4 is 10.6 Å². The summed E-state index contributed by atoms with van der Waals surface area (Å²) >= 11 is 0. The first kappa shape index (κ1) is 18.5. The van der Waals surface area contributed by atoms with Crippen molar-refractivity contribution < 1.29 is 0 Å². The lowest BCUT2D eigenvalue weighted by Crippen LogP contribution is -2.09. The molecular formula is C18H28P4+2. The third-order valence-corrected chi connectivity index (χ3v) is 32.3. The van der Waals surface area contributed by atoms with Crippen molar-refractivity contribution in [3.63, 3.8) is 0 Å². The molecule has 0 N–H and O–H groups in total. The van der Waals surface area contributed by atoms with E-state index in [0.717, 1.165) is 0 Å². The molecule has 2 rings (SSSR count). The van der Waals surface area contributed by atoms with Crippen LogP contribution in [0.15, 0.2) is 60.7 Å². The van der Waals surface area contributed by atoms with E-state index < -0.39 is 13.9 Å². The molecule has 0 saturated heterocycles. The summed E-state index contributed by atoms with van der Waals surface area (Å²) in [6.45, 7) is 13.4. The Morgan fingerprint density at radius 3 is 1.00 bits per heavy atom. The third kappa shape index (κ3) is 4.59. The molecule has 0 aliphatic heterocycles. The van der Waals surface area contributed by atoms with Gasteiger partial charge in [-0.2, -0.15) is 0 Å². The van der Waals surface area contributed by atoms with Crippen molar-refractivity contribution in [2.45, 2.75) is 0 Å². The number of benzene rings is 2. The predicted molar refractivity (Wildman–Crippen MR) is 115 cm³/mol. The van der Waals surface area contributed by atoms with Crippen LogP contribution in [0.2, 0.25) is 0 Å². The van der Waals surface area contributed by atoms with E-state index in [0.29, 0.717) is 0 Å². The average molecular weight is 368 g/mol. The molecular weight excluding hydrogens is 340 g/mol. The Labute approximate surface area is 140 Å². The van der Waals surface area contributed by atoms with Gasteiger partial charge in [-0.1, -0.05) is 60.7 Å². The molecule has 0 spiro atoms. The summed E-state index contributed by atoms with van der Waals surface area (Å²) in [4.78, 5) is 0. The summed E-state index contributed by atoms with van der Waals surface area (Å²) in [7, 11) is -0.199. The fourth-order valence-electron chi connectivity index (χ4n) is 2.54. The van der Waals surface area contributed by atoms with Crippen LogP contribution in [-0.2, 0) is 0 Å². The van der Waals surface area contributed by atoms with E-state index >= 15 is 0 Å². The van der Waals surface area contributed by atoms with Crippen LogP contribution in [0, 0.1) is 0 Å². The minimum Gasteiger partial charge on any atom is -0.0622 e. The predicted octanol–water partition coefficient (Wildman–Crippen LogP) is 6.16. The van der Waals surface area contributed by atoms with E-state index in [2.05, 4.69) is 101 Å². The van der Waals surface area contributed by atoms with Crippen LogP contribution in [0.4, 0.5) is 0 Å². The maximum Gasteiger partial charge on any atom is 0.155 e. The highest BCUT2D eigenvalue weighted by Gasteiger charge is 2.51. The Bertz CT molecular complexity index is 526. The van der Waals surface area contributed by atoms with Crippen molar-refractivity contribution in [3.8, 4) is 0 Å². The summed E-state index contributed by atoms with van der Waals surface area (Å²) < 4.78 is 0. The van der Waals surface area contributed by atoms with Crippen LogP contribution in [0.1, 0.15) is 0 Å². The van der Waals surface area contributed by atoms with Crippen LogP contribution in [0.25, 0.3) is 0 Å². The normalized spacial score (nSPS) is 15.4. The zero-order chi connectivity index (χ0) is 16.4. The molecule has 118 valence electrons. The van der Waals surface area contributed by atoms with Crippen molar-refractivity contribution in [2.75, 3.05) is 40.0 Å². The molecule has 0 heterocycles. The minimum absolute atomic E-state index is 0.0993. The largest absolute Gasteiger partial charge is 0.155 e. The Hall–Kier alpha value is 0.160. The highest BCUT2D eigenvalue weighted by Crippen LogP contribution is 3.02. The van der Waals surface area contributed by atoms with Gasteiger partial charge in [-0.05, 0) is 0 Å². The lowest BCUT2D eigenvalue weighted by molar-refractivity contribution is 1.77. The SMILES string of the molecule is C[P+](C)(C)P(c1ccccc1)P(c1ccccc1)[P+](C)(C)C. The summed E-state index contributed by atoms with van der Waals surface area (Å²) in [6.07, 6.45) is 0. The Morgan fingerprint density at radius 2 is 0.773 bits per heavy atom. The van der Waals surface area contributed by atoms with Crippen molar-refractivity contribution in [1.29, 1.82) is 0 Å². The topological polar surface area (TPSA) is 0 Å². The monoisotopic (exact) mass is 368 g/mol.